The number of methoxy groups -OCH3 is 1. The van der Waals surface area contributed by atoms with Crippen LogP contribution >= 0.6 is 0 Å². The van der Waals surface area contributed by atoms with Gasteiger partial charge < -0.3 is 14.2 Å². The molecular weight excluding hydrogens is 449 g/mol. The van der Waals surface area contributed by atoms with Gasteiger partial charge in [-0.1, -0.05) is 0 Å². The van der Waals surface area contributed by atoms with Gasteiger partial charge in [-0.15, -0.1) is 0 Å². The SMILES string of the molecule is COc1cc2c(cc1OC(C)c1c(C)cnnc1C)c(-c1ccc(F)nc1)nn2C1CCCCO1. The van der Waals surface area contributed by atoms with Gasteiger partial charge in [-0.25, -0.2) is 9.67 Å². The smallest absolute Gasteiger partial charge is 0.212 e. The molecule has 0 amide bonds. The Bertz CT molecular complexity index is 1330. The number of aromatic nitrogens is 5. The first-order valence-corrected chi connectivity index (χ1v) is 11.8. The van der Waals surface area contributed by atoms with E-state index in [0.717, 1.165) is 47.0 Å². The molecular formula is C26H28FN5O3. The van der Waals surface area contributed by atoms with Crippen LogP contribution in [0, 0.1) is 19.8 Å². The van der Waals surface area contributed by atoms with Crippen molar-refractivity contribution in [2.24, 2.45) is 0 Å². The van der Waals surface area contributed by atoms with E-state index in [1.54, 1.807) is 19.4 Å². The van der Waals surface area contributed by atoms with Crippen molar-refractivity contribution in [2.45, 2.75) is 52.4 Å². The minimum Gasteiger partial charge on any atom is -0.493 e. The molecule has 1 aliphatic heterocycles. The molecule has 4 heterocycles. The van der Waals surface area contributed by atoms with Gasteiger partial charge in [0.2, 0.25) is 5.95 Å². The maximum absolute atomic E-state index is 13.5. The van der Waals surface area contributed by atoms with Gasteiger partial charge in [-0.2, -0.15) is 19.7 Å². The quantitative estimate of drug-likeness (QED) is 0.339. The third-order valence-electron chi connectivity index (χ3n) is 6.40. The molecule has 0 aliphatic carbocycles. The molecule has 0 radical (unpaired) electrons. The Morgan fingerprint density at radius 3 is 2.69 bits per heavy atom. The van der Waals surface area contributed by atoms with Crippen molar-refractivity contribution >= 4 is 10.9 Å². The van der Waals surface area contributed by atoms with Gasteiger partial charge in [0.1, 0.15) is 11.8 Å². The highest BCUT2D eigenvalue weighted by Crippen LogP contribution is 2.41. The Labute approximate surface area is 203 Å². The van der Waals surface area contributed by atoms with E-state index >= 15 is 0 Å². The van der Waals surface area contributed by atoms with E-state index in [0.29, 0.717) is 29.4 Å². The average Bonchev–Trinajstić information content (AvgIpc) is 3.23. The lowest BCUT2D eigenvalue weighted by atomic mass is 10.0. The van der Waals surface area contributed by atoms with Gasteiger partial charge in [0, 0.05) is 35.4 Å². The molecule has 0 N–H and O–H groups in total. The summed E-state index contributed by atoms with van der Waals surface area (Å²) in [6.45, 7) is 6.58. The van der Waals surface area contributed by atoms with Crippen LogP contribution in [0.25, 0.3) is 22.2 Å². The molecule has 0 bridgehead atoms. The fraction of sp³-hybridized carbons (Fsp3) is 0.385. The predicted octanol–water partition coefficient (Wildman–Crippen LogP) is 5.49. The van der Waals surface area contributed by atoms with Crippen molar-refractivity contribution in [1.29, 1.82) is 0 Å². The molecule has 2 unspecified atom stereocenters. The lowest BCUT2D eigenvalue weighted by Gasteiger charge is -2.24. The monoisotopic (exact) mass is 477 g/mol. The molecule has 1 aliphatic rings. The molecule has 4 aromatic rings. The summed E-state index contributed by atoms with van der Waals surface area (Å²) in [7, 11) is 1.62. The Hall–Kier alpha value is -3.59. The molecule has 1 saturated heterocycles. The van der Waals surface area contributed by atoms with Gasteiger partial charge in [-0.3, -0.25) is 0 Å². The van der Waals surface area contributed by atoms with Gasteiger partial charge in [0.05, 0.1) is 24.5 Å². The second kappa shape index (κ2) is 9.58. The first-order chi connectivity index (χ1) is 17.0. The fourth-order valence-electron chi connectivity index (χ4n) is 4.74. The van der Waals surface area contributed by atoms with E-state index in [9.17, 15) is 4.39 Å². The zero-order valence-electron chi connectivity index (χ0n) is 20.3. The summed E-state index contributed by atoms with van der Waals surface area (Å²) in [5.74, 6) is 0.621. The number of pyridine rings is 1. The van der Waals surface area contributed by atoms with Crippen LogP contribution in [0.4, 0.5) is 4.39 Å². The minimum atomic E-state index is -0.538. The molecule has 9 heteroatoms. The number of hydrogen-bond donors (Lipinski definition) is 0. The molecule has 0 saturated carbocycles. The number of rotatable bonds is 6. The molecule has 0 spiro atoms. The number of benzene rings is 1. The van der Waals surface area contributed by atoms with Gasteiger partial charge in [0.25, 0.3) is 0 Å². The highest BCUT2D eigenvalue weighted by Gasteiger charge is 2.25. The molecule has 1 aromatic carbocycles. The van der Waals surface area contributed by atoms with Crippen LogP contribution in [0.3, 0.4) is 0 Å². The van der Waals surface area contributed by atoms with E-state index in [1.165, 1.54) is 12.3 Å². The molecule has 1 fully saturated rings. The number of hydrogen-bond acceptors (Lipinski definition) is 7. The number of fused-ring (bicyclic) bond motifs is 1. The van der Waals surface area contributed by atoms with E-state index in [1.807, 2.05) is 37.6 Å². The van der Waals surface area contributed by atoms with Crippen LogP contribution in [0.5, 0.6) is 11.5 Å². The number of aryl methyl sites for hydroxylation is 2. The van der Waals surface area contributed by atoms with Crippen LogP contribution in [0.15, 0.2) is 36.7 Å². The standard InChI is InChI=1S/C26H28FN5O3/c1-15-13-29-30-16(2)25(15)17(3)35-22-11-19-20(12-21(22)33-4)32(24-7-5-6-10-34-24)31-26(19)18-8-9-23(27)28-14-18/h8-9,11-14,17,24H,5-7,10H2,1-4H3. The zero-order valence-corrected chi connectivity index (χ0v) is 20.3. The molecule has 182 valence electrons. The average molecular weight is 478 g/mol. The first kappa shape index (κ1) is 23.2. The predicted molar refractivity (Wildman–Crippen MR) is 129 cm³/mol. The van der Waals surface area contributed by atoms with Crippen molar-refractivity contribution in [3.63, 3.8) is 0 Å². The van der Waals surface area contributed by atoms with Crippen molar-refractivity contribution in [2.75, 3.05) is 13.7 Å². The van der Waals surface area contributed by atoms with Crippen molar-refractivity contribution in [1.82, 2.24) is 25.0 Å². The Kier molecular flexibility index (Phi) is 6.34. The minimum absolute atomic E-state index is 0.183. The summed E-state index contributed by atoms with van der Waals surface area (Å²) in [6, 6.07) is 6.86. The summed E-state index contributed by atoms with van der Waals surface area (Å²) < 4.78 is 33.6. The van der Waals surface area contributed by atoms with Crippen molar-refractivity contribution in [3.05, 3.63) is 59.4 Å². The van der Waals surface area contributed by atoms with Gasteiger partial charge in [0.15, 0.2) is 17.7 Å². The molecule has 2 atom stereocenters. The Morgan fingerprint density at radius 2 is 2.00 bits per heavy atom. The summed E-state index contributed by atoms with van der Waals surface area (Å²) in [5, 5.41) is 13.9. The summed E-state index contributed by atoms with van der Waals surface area (Å²) >= 11 is 0. The summed E-state index contributed by atoms with van der Waals surface area (Å²) in [4.78, 5) is 3.83. The maximum Gasteiger partial charge on any atom is 0.212 e. The number of ether oxygens (including phenoxy) is 3. The van der Waals surface area contributed by atoms with Gasteiger partial charge in [-0.05, 0) is 63.8 Å². The van der Waals surface area contributed by atoms with E-state index in [2.05, 4.69) is 15.2 Å². The second-order valence-corrected chi connectivity index (χ2v) is 8.79. The normalized spacial score (nSPS) is 16.9. The summed E-state index contributed by atoms with van der Waals surface area (Å²) in [5.41, 5.74) is 5.05. The topological polar surface area (TPSA) is 84.2 Å². The van der Waals surface area contributed by atoms with Crippen molar-refractivity contribution < 1.29 is 18.6 Å². The number of nitrogens with zero attached hydrogens (tertiary/aromatic N) is 5. The van der Waals surface area contributed by atoms with Crippen LogP contribution in [-0.2, 0) is 4.74 Å². The third-order valence-corrected chi connectivity index (χ3v) is 6.40. The number of halogens is 1. The Morgan fingerprint density at radius 1 is 1.14 bits per heavy atom. The summed E-state index contributed by atoms with van der Waals surface area (Å²) in [6.07, 6.45) is 5.72. The third kappa shape index (κ3) is 4.43. The van der Waals surface area contributed by atoms with E-state index < -0.39 is 5.95 Å². The maximum atomic E-state index is 13.5. The highest BCUT2D eigenvalue weighted by atomic mass is 19.1. The van der Waals surface area contributed by atoms with Crippen LogP contribution in [0.1, 0.15) is 55.3 Å². The lowest BCUT2D eigenvalue weighted by molar-refractivity contribution is -0.0365. The van der Waals surface area contributed by atoms with Crippen LogP contribution in [-0.4, -0.2) is 38.7 Å². The fourth-order valence-corrected chi connectivity index (χ4v) is 4.74. The zero-order chi connectivity index (χ0) is 24.5. The lowest BCUT2D eigenvalue weighted by Crippen LogP contribution is -2.19. The van der Waals surface area contributed by atoms with Crippen molar-refractivity contribution in [3.8, 4) is 22.8 Å². The van der Waals surface area contributed by atoms with Gasteiger partial charge >= 0.3 is 0 Å². The molecule has 8 nitrogen and oxygen atoms in total. The van der Waals surface area contributed by atoms with Crippen LogP contribution in [0.2, 0.25) is 0 Å². The second-order valence-electron chi connectivity index (χ2n) is 8.79. The molecule has 35 heavy (non-hydrogen) atoms. The highest BCUT2D eigenvalue weighted by molar-refractivity contribution is 5.95. The van der Waals surface area contributed by atoms with E-state index in [4.69, 9.17) is 19.3 Å². The molecule has 5 rings (SSSR count). The Balaban J connectivity index is 1.64. The van der Waals surface area contributed by atoms with Crippen LogP contribution < -0.4 is 9.47 Å². The largest absolute Gasteiger partial charge is 0.493 e. The first-order valence-electron chi connectivity index (χ1n) is 11.8. The molecule has 3 aromatic heterocycles. The van der Waals surface area contributed by atoms with E-state index in [-0.39, 0.29) is 12.3 Å².